The van der Waals surface area contributed by atoms with Gasteiger partial charge in [0.1, 0.15) is 0 Å². The smallest absolute Gasteiger partial charge is 0.253 e. The first kappa shape index (κ1) is 18.7. The quantitative estimate of drug-likeness (QED) is 0.766. The van der Waals surface area contributed by atoms with Gasteiger partial charge in [-0.3, -0.25) is 9.59 Å². The van der Waals surface area contributed by atoms with Crippen molar-refractivity contribution in [3.8, 4) is 0 Å². The van der Waals surface area contributed by atoms with Gasteiger partial charge >= 0.3 is 0 Å². The largest absolute Gasteiger partial charge is 0.352 e. The Morgan fingerprint density at radius 2 is 2.09 bits per heavy atom. The second-order valence-electron chi connectivity index (χ2n) is 5.25. The van der Waals surface area contributed by atoms with Crippen LogP contribution in [0.1, 0.15) is 24.2 Å². The molecule has 0 aromatic heterocycles. The average molecular weight is 346 g/mol. The molecule has 1 unspecified atom stereocenters. The van der Waals surface area contributed by atoms with Crippen molar-refractivity contribution in [1.29, 1.82) is 0 Å². The van der Waals surface area contributed by atoms with Crippen LogP contribution in [-0.2, 0) is 4.79 Å². The Kier molecular flexibility index (Phi) is 7.13. The van der Waals surface area contributed by atoms with Gasteiger partial charge in [-0.1, -0.05) is 18.5 Å². The first-order valence-electron chi connectivity index (χ1n) is 7.12. The van der Waals surface area contributed by atoms with Crippen molar-refractivity contribution >= 4 is 41.5 Å². The van der Waals surface area contributed by atoms with Gasteiger partial charge in [0.15, 0.2) is 0 Å². The van der Waals surface area contributed by atoms with Crippen molar-refractivity contribution in [1.82, 2.24) is 10.6 Å². The van der Waals surface area contributed by atoms with Gasteiger partial charge in [-0.15, -0.1) is 12.4 Å². The van der Waals surface area contributed by atoms with Gasteiger partial charge in [0, 0.05) is 17.5 Å². The third-order valence-electron chi connectivity index (χ3n) is 3.76. The van der Waals surface area contributed by atoms with Gasteiger partial charge in [-0.05, 0) is 44.1 Å². The van der Waals surface area contributed by atoms with E-state index in [0.717, 1.165) is 13.1 Å². The fraction of sp³-hybridized carbons (Fsp3) is 0.467. The highest BCUT2D eigenvalue weighted by Crippen LogP contribution is 2.24. The van der Waals surface area contributed by atoms with Crippen molar-refractivity contribution in [3.63, 3.8) is 0 Å². The van der Waals surface area contributed by atoms with Gasteiger partial charge in [-0.2, -0.15) is 0 Å². The van der Waals surface area contributed by atoms with E-state index in [9.17, 15) is 9.59 Å². The SMILES string of the molecule is CCNC(=O)c1ccc(Cl)cc1NC(=O)C(C)C1CNC1.Cl. The molecule has 0 saturated carbocycles. The van der Waals surface area contributed by atoms with Crippen molar-refractivity contribution in [2.24, 2.45) is 11.8 Å². The molecule has 1 aromatic rings. The number of hydrogen-bond donors (Lipinski definition) is 3. The summed E-state index contributed by atoms with van der Waals surface area (Å²) in [6, 6.07) is 4.87. The number of carbonyl (C=O) groups is 2. The molecule has 1 heterocycles. The molecule has 1 fully saturated rings. The van der Waals surface area contributed by atoms with E-state index in [-0.39, 0.29) is 30.1 Å². The maximum Gasteiger partial charge on any atom is 0.253 e. The van der Waals surface area contributed by atoms with Crippen LogP contribution in [0.5, 0.6) is 0 Å². The van der Waals surface area contributed by atoms with Gasteiger partial charge in [0.05, 0.1) is 11.3 Å². The molecule has 22 heavy (non-hydrogen) atoms. The minimum absolute atomic E-state index is 0. The zero-order valence-electron chi connectivity index (χ0n) is 12.6. The molecule has 0 bridgehead atoms. The monoisotopic (exact) mass is 345 g/mol. The number of halogens is 2. The first-order chi connectivity index (χ1) is 10.0. The summed E-state index contributed by atoms with van der Waals surface area (Å²) >= 11 is 5.97. The van der Waals surface area contributed by atoms with Crippen molar-refractivity contribution in [3.05, 3.63) is 28.8 Å². The minimum Gasteiger partial charge on any atom is -0.352 e. The van der Waals surface area contributed by atoms with Gasteiger partial charge in [-0.25, -0.2) is 0 Å². The predicted octanol–water partition coefficient (Wildman–Crippen LogP) is 2.31. The molecular weight excluding hydrogens is 325 g/mol. The molecule has 1 saturated heterocycles. The number of amides is 2. The molecule has 1 aromatic carbocycles. The Hall–Kier alpha value is -1.30. The summed E-state index contributed by atoms with van der Waals surface area (Å²) in [6.07, 6.45) is 0. The number of nitrogens with one attached hydrogen (secondary N) is 3. The highest BCUT2D eigenvalue weighted by atomic mass is 35.5. The Labute approximate surface area is 141 Å². The predicted molar refractivity (Wildman–Crippen MR) is 90.9 cm³/mol. The average Bonchev–Trinajstić information content (AvgIpc) is 2.36. The van der Waals surface area contributed by atoms with Gasteiger partial charge < -0.3 is 16.0 Å². The molecule has 1 atom stereocenters. The molecule has 1 aliphatic heterocycles. The van der Waals surface area contributed by atoms with E-state index < -0.39 is 0 Å². The topological polar surface area (TPSA) is 70.2 Å². The third-order valence-corrected chi connectivity index (χ3v) is 3.99. The van der Waals surface area contributed by atoms with Gasteiger partial charge in [0.2, 0.25) is 5.91 Å². The second-order valence-corrected chi connectivity index (χ2v) is 5.68. The van der Waals surface area contributed by atoms with Crippen LogP contribution in [0.15, 0.2) is 18.2 Å². The lowest BCUT2D eigenvalue weighted by Crippen LogP contribution is -2.48. The van der Waals surface area contributed by atoms with Crippen LogP contribution in [0, 0.1) is 11.8 Å². The highest BCUT2D eigenvalue weighted by molar-refractivity contribution is 6.31. The number of benzene rings is 1. The van der Waals surface area contributed by atoms with Crippen LogP contribution in [0.3, 0.4) is 0 Å². The Morgan fingerprint density at radius 1 is 1.41 bits per heavy atom. The fourth-order valence-corrected chi connectivity index (χ4v) is 2.37. The van der Waals surface area contributed by atoms with Crippen LogP contribution in [0.25, 0.3) is 0 Å². The van der Waals surface area contributed by atoms with E-state index in [1.807, 2.05) is 13.8 Å². The summed E-state index contributed by atoms with van der Waals surface area (Å²) < 4.78 is 0. The number of hydrogen-bond acceptors (Lipinski definition) is 3. The maximum atomic E-state index is 12.3. The van der Waals surface area contributed by atoms with Crippen LogP contribution in [0.4, 0.5) is 5.69 Å². The lowest BCUT2D eigenvalue weighted by Gasteiger charge is -2.31. The second kappa shape index (κ2) is 8.36. The number of carbonyl (C=O) groups excluding carboxylic acids is 2. The molecule has 2 amide bonds. The maximum absolute atomic E-state index is 12.3. The normalized spacial score (nSPS) is 15.2. The van der Waals surface area contributed by atoms with Crippen molar-refractivity contribution in [2.75, 3.05) is 25.0 Å². The number of anilines is 1. The Balaban J connectivity index is 0.00000242. The Bertz CT molecular complexity index is 548. The summed E-state index contributed by atoms with van der Waals surface area (Å²) in [4.78, 5) is 24.3. The van der Waals surface area contributed by atoms with E-state index in [0.29, 0.717) is 28.7 Å². The first-order valence-corrected chi connectivity index (χ1v) is 7.50. The van der Waals surface area contributed by atoms with Crippen molar-refractivity contribution < 1.29 is 9.59 Å². The van der Waals surface area contributed by atoms with E-state index >= 15 is 0 Å². The summed E-state index contributed by atoms with van der Waals surface area (Å²) in [6.45, 7) is 5.98. The van der Waals surface area contributed by atoms with E-state index in [1.54, 1.807) is 18.2 Å². The van der Waals surface area contributed by atoms with Gasteiger partial charge in [0.25, 0.3) is 5.91 Å². The summed E-state index contributed by atoms with van der Waals surface area (Å²) in [5.41, 5.74) is 0.881. The molecule has 122 valence electrons. The highest BCUT2D eigenvalue weighted by Gasteiger charge is 2.29. The lowest BCUT2D eigenvalue weighted by atomic mass is 9.88. The van der Waals surface area contributed by atoms with Crippen LogP contribution >= 0.6 is 24.0 Å². The molecule has 1 aliphatic rings. The standard InChI is InChI=1S/C15H20ClN3O2.ClH/c1-3-18-15(21)12-5-4-11(16)6-13(12)19-14(20)9(2)10-7-17-8-10;/h4-6,9-10,17H,3,7-8H2,1-2H3,(H,18,21)(H,19,20);1H. The molecule has 7 heteroatoms. The zero-order chi connectivity index (χ0) is 15.4. The summed E-state index contributed by atoms with van der Waals surface area (Å²) in [5.74, 6) is -0.0684. The Morgan fingerprint density at radius 3 is 2.64 bits per heavy atom. The molecule has 0 radical (unpaired) electrons. The molecule has 0 spiro atoms. The summed E-state index contributed by atoms with van der Waals surface area (Å²) in [5, 5.41) is 9.19. The third kappa shape index (κ3) is 4.35. The van der Waals surface area contributed by atoms with E-state index in [4.69, 9.17) is 11.6 Å². The van der Waals surface area contributed by atoms with Crippen LogP contribution in [0.2, 0.25) is 5.02 Å². The lowest BCUT2D eigenvalue weighted by molar-refractivity contribution is -0.121. The molecule has 5 nitrogen and oxygen atoms in total. The summed E-state index contributed by atoms with van der Waals surface area (Å²) in [7, 11) is 0. The fourth-order valence-electron chi connectivity index (χ4n) is 2.20. The molecular formula is C15H21Cl2N3O2. The number of rotatable bonds is 5. The minimum atomic E-state index is -0.220. The molecule has 2 rings (SSSR count). The van der Waals surface area contributed by atoms with Crippen LogP contribution < -0.4 is 16.0 Å². The van der Waals surface area contributed by atoms with E-state index in [1.165, 1.54) is 0 Å². The van der Waals surface area contributed by atoms with Crippen molar-refractivity contribution in [2.45, 2.75) is 13.8 Å². The molecule has 3 N–H and O–H groups in total. The van der Waals surface area contributed by atoms with Crippen LogP contribution in [-0.4, -0.2) is 31.4 Å². The zero-order valence-corrected chi connectivity index (χ0v) is 14.2. The molecule has 0 aliphatic carbocycles. The van der Waals surface area contributed by atoms with E-state index in [2.05, 4.69) is 16.0 Å².